The van der Waals surface area contributed by atoms with E-state index in [1.54, 1.807) is 0 Å². The molecule has 2 fully saturated rings. The fraction of sp³-hybridized carbons (Fsp3) is 1.00. The van der Waals surface area contributed by atoms with Crippen LogP contribution in [-0.4, -0.2) is 30.1 Å². The third-order valence-electron chi connectivity index (χ3n) is 5.62. The lowest BCUT2D eigenvalue weighted by Crippen LogP contribution is -2.45. The van der Waals surface area contributed by atoms with E-state index in [1.165, 1.54) is 51.6 Å². The number of rotatable bonds is 7. The standard InChI is InChI=1S/C16H32N2/c1-4-6-9-18(12(3)5-2)11-15-13-7-8-14(10-13)16(15)17/h12-16H,4-11,17H2,1-3H3. The van der Waals surface area contributed by atoms with Crippen molar-refractivity contribution in [3.05, 3.63) is 0 Å². The summed E-state index contributed by atoms with van der Waals surface area (Å²) in [6.45, 7) is 9.51. The topological polar surface area (TPSA) is 29.3 Å². The van der Waals surface area contributed by atoms with Gasteiger partial charge < -0.3 is 10.6 Å². The molecule has 2 bridgehead atoms. The predicted octanol–water partition coefficient (Wildman–Crippen LogP) is 3.26. The molecule has 0 radical (unpaired) electrons. The zero-order valence-electron chi connectivity index (χ0n) is 12.6. The van der Waals surface area contributed by atoms with E-state index in [1.807, 2.05) is 0 Å². The zero-order chi connectivity index (χ0) is 13.1. The van der Waals surface area contributed by atoms with Crippen molar-refractivity contribution in [3.8, 4) is 0 Å². The molecule has 0 heterocycles. The van der Waals surface area contributed by atoms with Gasteiger partial charge in [-0.2, -0.15) is 0 Å². The molecule has 5 unspecified atom stereocenters. The first-order valence-electron chi connectivity index (χ1n) is 8.17. The quantitative estimate of drug-likeness (QED) is 0.753. The summed E-state index contributed by atoms with van der Waals surface area (Å²) in [7, 11) is 0. The van der Waals surface area contributed by atoms with Gasteiger partial charge in [-0.3, -0.25) is 0 Å². The van der Waals surface area contributed by atoms with Crippen LogP contribution in [0.25, 0.3) is 0 Å². The monoisotopic (exact) mass is 252 g/mol. The minimum absolute atomic E-state index is 0.497. The first kappa shape index (κ1) is 14.3. The average Bonchev–Trinajstić information content (AvgIpc) is 2.96. The van der Waals surface area contributed by atoms with Crippen LogP contribution in [0.3, 0.4) is 0 Å². The van der Waals surface area contributed by atoms with Gasteiger partial charge in [-0.25, -0.2) is 0 Å². The summed E-state index contributed by atoms with van der Waals surface area (Å²) in [5.41, 5.74) is 6.46. The molecule has 0 aromatic heterocycles. The molecule has 0 aromatic rings. The van der Waals surface area contributed by atoms with Crippen molar-refractivity contribution < 1.29 is 0 Å². The first-order valence-corrected chi connectivity index (χ1v) is 8.17. The Balaban J connectivity index is 1.91. The van der Waals surface area contributed by atoms with Crippen LogP contribution in [0.15, 0.2) is 0 Å². The van der Waals surface area contributed by atoms with Gasteiger partial charge in [0.05, 0.1) is 0 Å². The minimum atomic E-state index is 0.497. The Morgan fingerprint density at radius 3 is 2.50 bits per heavy atom. The van der Waals surface area contributed by atoms with Crippen molar-refractivity contribution in [1.82, 2.24) is 4.90 Å². The highest BCUT2D eigenvalue weighted by atomic mass is 15.2. The number of hydrogen-bond donors (Lipinski definition) is 1. The van der Waals surface area contributed by atoms with E-state index in [9.17, 15) is 0 Å². The molecule has 0 spiro atoms. The molecule has 2 rings (SSSR count). The lowest BCUT2D eigenvalue weighted by Gasteiger charge is -2.36. The number of fused-ring (bicyclic) bond motifs is 2. The minimum Gasteiger partial charge on any atom is -0.327 e. The van der Waals surface area contributed by atoms with Gasteiger partial charge >= 0.3 is 0 Å². The van der Waals surface area contributed by atoms with Gasteiger partial charge in [-0.05, 0) is 63.3 Å². The van der Waals surface area contributed by atoms with Gasteiger partial charge in [0, 0.05) is 18.6 Å². The molecule has 0 aliphatic heterocycles. The van der Waals surface area contributed by atoms with Gasteiger partial charge in [0.1, 0.15) is 0 Å². The summed E-state index contributed by atoms with van der Waals surface area (Å²) < 4.78 is 0. The summed E-state index contributed by atoms with van der Waals surface area (Å²) in [4.78, 5) is 2.72. The van der Waals surface area contributed by atoms with E-state index < -0.39 is 0 Å². The second-order valence-electron chi connectivity index (χ2n) is 6.68. The molecule has 2 N–H and O–H groups in total. The Morgan fingerprint density at radius 2 is 1.94 bits per heavy atom. The molecule has 2 heteroatoms. The number of nitrogens with two attached hydrogens (primary N) is 1. The number of hydrogen-bond acceptors (Lipinski definition) is 2. The third-order valence-corrected chi connectivity index (χ3v) is 5.62. The van der Waals surface area contributed by atoms with Gasteiger partial charge in [-0.15, -0.1) is 0 Å². The van der Waals surface area contributed by atoms with Crippen molar-refractivity contribution in [2.45, 2.75) is 71.4 Å². The van der Waals surface area contributed by atoms with E-state index in [-0.39, 0.29) is 0 Å². The summed E-state index contributed by atoms with van der Waals surface area (Å²) in [6.07, 6.45) is 8.18. The zero-order valence-corrected chi connectivity index (χ0v) is 12.6. The Morgan fingerprint density at radius 1 is 1.22 bits per heavy atom. The van der Waals surface area contributed by atoms with E-state index in [0.29, 0.717) is 6.04 Å². The maximum Gasteiger partial charge on any atom is 0.0111 e. The third kappa shape index (κ3) is 2.91. The fourth-order valence-corrected chi connectivity index (χ4v) is 4.11. The molecule has 2 saturated carbocycles. The SMILES string of the molecule is CCCCN(CC1C2CCC(C2)C1N)C(C)CC. The van der Waals surface area contributed by atoms with Gasteiger partial charge in [-0.1, -0.05) is 20.3 Å². The summed E-state index contributed by atoms with van der Waals surface area (Å²) >= 11 is 0. The van der Waals surface area contributed by atoms with Crippen LogP contribution in [0.2, 0.25) is 0 Å². The molecule has 18 heavy (non-hydrogen) atoms. The van der Waals surface area contributed by atoms with Gasteiger partial charge in [0.25, 0.3) is 0 Å². The summed E-state index contributed by atoms with van der Waals surface area (Å²) in [6, 6.07) is 1.22. The highest BCUT2D eigenvalue weighted by Crippen LogP contribution is 2.47. The highest BCUT2D eigenvalue weighted by Gasteiger charge is 2.46. The Hall–Kier alpha value is -0.0800. The van der Waals surface area contributed by atoms with Gasteiger partial charge in [0.15, 0.2) is 0 Å². The molecular formula is C16H32N2. The lowest BCUT2D eigenvalue weighted by molar-refractivity contribution is 0.134. The predicted molar refractivity (Wildman–Crippen MR) is 78.5 cm³/mol. The van der Waals surface area contributed by atoms with Crippen LogP contribution >= 0.6 is 0 Å². The van der Waals surface area contributed by atoms with Crippen molar-refractivity contribution >= 4 is 0 Å². The number of nitrogens with zero attached hydrogens (tertiary/aromatic N) is 1. The van der Waals surface area contributed by atoms with Crippen molar-refractivity contribution in [3.63, 3.8) is 0 Å². The van der Waals surface area contributed by atoms with Crippen molar-refractivity contribution in [1.29, 1.82) is 0 Å². The maximum atomic E-state index is 6.46. The molecule has 0 amide bonds. The van der Waals surface area contributed by atoms with E-state index in [2.05, 4.69) is 25.7 Å². The smallest absolute Gasteiger partial charge is 0.0111 e. The summed E-state index contributed by atoms with van der Waals surface area (Å²) in [5.74, 6) is 2.58. The molecule has 106 valence electrons. The largest absolute Gasteiger partial charge is 0.327 e. The van der Waals surface area contributed by atoms with Gasteiger partial charge in [0.2, 0.25) is 0 Å². The molecule has 5 atom stereocenters. The van der Waals surface area contributed by atoms with E-state index >= 15 is 0 Å². The molecule has 2 nitrogen and oxygen atoms in total. The Labute approximate surface area is 113 Å². The Bertz CT molecular complexity index is 251. The van der Waals surface area contributed by atoms with Crippen LogP contribution in [0.5, 0.6) is 0 Å². The second-order valence-corrected chi connectivity index (χ2v) is 6.68. The molecular weight excluding hydrogens is 220 g/mol. The van der Waals surface area contributed by atoms with Crippen LogP contribution in [0.4, 0.5) is 0 Å². The summed E-state index contributed by atoms with van der Waals surface area (Å²) in [5, 5.41) is 0. The van der Waals surface area contributed by atoms with Crippen LogP contribution in [-0.2, 0) is 0 Å². The average molecular weight is 252 g/mol. The maximum absolute atomic E-state index is 6.46. The molecule has 0 aromatic carbocycles. The lowest BCUT2D eigenvalue weighted by atomic mass is 9.84. The van der Waals surface area contributed by atoms with Crippen LogP contribution in [0.1, 0.15) is 59.3 Å². The van der Waals surface area contributed by atoms with E-state index in [0.717, 1.165) is 23.8 Å². The first-order chi connectivity index (χ1) is 8.67. The normalized spacial score (nSPS) is 36.5. The number of unbranched alkanes of at least 4 members (excludes halogenated alkanes) is 1. The second kappa shape index (κ2) is 6.38. The van der Waals surface area contributed by atoms with Crippen LogP contribution in [0, 0.1) is 17.8 Å². The van der Waals surface area contributed by atoms with Crippen LogP contribution < -0.4 is 5.73 Å². The molecule has 0 saturated heterocycles. The molecule has 2 aliphatic carbocycles. The highest BCUT2D eigenvalue weighted by molar-refractivity contribution is 5.00. The molecule has 2 aliphatic rings. The van der Waals surface area contributed by atoms with Crippen molar-refractivity contribution in [2.75, 3.05) is 13.1 Å². The fourth-order valence-electron chi connectivity index (χ4n) is 4.11. The van der Waals surface area contributed by atoms with Crippen molar-refractivity contribution in [2.24, 2.45) is 23.5 Å². The van der Waals surface area contributed by atoms with E-state index in [4.69, 9.17) is 5.73 Å². The Kier molecular flexibility index (Phi) is 5.08.